The number of nitrogens with one attached hydrogen (secondary N) is 1. The van der Waals surface area contributed by atoms with Crippen molar-refractivity contribution in [1.82, 2.24) is 10.4 Å². The van der Waals surface area contributed by atoms with Gasteiger partial charge >= 0.3 is 0 Å². The normalized spacial score (nSPS) is 10.4. The summed E-state index contributed by atoms with van der Waals surface area (Å²) in [5.74, 6) is -0.253. The second-order valence-corrected chi connectivity index (χ2v) is 4.09. The van der Waals surface area contributed by atoms with Gasteiger partial charge in [-0.15, -0.1) is 0 Å². The van der Waals surface area contributed by atoms with Gasteiger partial charge in [-0.05, 0) is 18.2 Å². The van der Waals surface area contributed by atoms with Crippen molar-refractivity contribution in [3.05, 3.63) is 64.5 Å². The van der Waals surface area contributed by atoms with Gasteiger partial charge < -0.3 is 4.74 Å². The molecule has 1 N–H and O–H groups in total. The second-order valence-electron chi connectivity index (χ2n) is 4.09. The summed E-state index contributed by atoms with van der Waals surface area (Å²) in [5.41, 5.74) is 2.76. The smallest absolute Gasteiger partial charge is 0.277 e. The molecule has 8 heteroatoms. The maximum absolute atomic E-state index is 11.5. The zero-order chi connectivity index (χ0) is 15.8. The van der Waals surface area contributed by atoms with E-state index in [4.69, 9.17) is 4.74 Å². The van der Waals surface area contributed by atoms with Crippen LogP contribution in [0, 0.1) is 10.1 Å². The lowest BCUT2D eigenvalue weighted by molar-refractivity contribution is -0.384. The third-order valence-corrected chi connectivity index (χ3v) is 2.47. The zero-order valence-corrected chi connectivity index (χ0v) is 11.4. The van der Waals surface area contributed by atoms with E-state index in [0.29, 0.717) is 5.69 Å². The quantitative estimate of drug-likeness (QED) is 0.494. The Morgan fingerprint density at radius 2 is 2.23 bits per heavy atom. The molecule has 112 valence electrons. The number of benzene rings is 1. The number of non-ortho nitro benzene ring substituents is 1. The first-order valence-electron chi connectivity index (χ1n) is 6.25. The van der Waals surface area contributed by atoms with Gasteiger partial charge in [0, 0.05) is 12.3 Å². The molecule has 0 radical (unpaired) electrons. The van der Waals surface area contributed by atoms with Crippen molar-refractivity contribution < 1.29 is 14.5 Å². The van der Waals surface area contributed by atoms with Gasteiger partial charge in [0.2, 0.25) is 0 Å². The van der Waals surface area contributed by atoms with Gasteiger partial charge in [0.25, 0.3) is 11.6 Å². The number of hydrogen-bond donors (Lipinski definition) is 1. The van der Waals surface area contributed by atoms with Crippen LogP contribution in [0.1, 0.15) is 5.69 Å². The standard InChI is InChI=1S/C14H12N4O4/c19-14(17-16-9-11-4-1-2-7-15-11)10-22-13-6-3-5-12(8-13)18(20)21/h1-9H,10H2,(H,17,19)/b16-9+. The Hall–Kier alpha value is -3.29. The fourth-order valence-electron chi connectivity index (χ4n) is 1.49. The number of aromatic nitrogens is 1. The average molecular weight is 300 g/mol. The second kappa shape index (κ2) is 7.48. The zero-order valence-electron chi connectivity index (χ0n) is 11.4. The molecule has 1 amide bonds. The van der Waals surface area contributed by atoms with Crippen LogP contribution in [-0.4, -0.2) is 28.6 Å². The van der Waals surface area contributed by atoms with Crippen LogP contribution in [0.4, 0.5) is 5.69 Å². The first kappa shape index (κ1) is 15.1. The number of amides is 1. The van der Waals surface area contributed by atoms with Crippen LogP contribution in [-0.2, 0) is 4.79 Å². The summed E-state index contributed by atoms with van der Waals surface area (Å²) in [6.07, 6.45) is 3.00. The number of carbonyl (C=O) groups is 1. The number of nitro benzene ring substituents is 1. The summed E-state index contributed by atoms with van der Waals surface area (Å²) >= 11 is 0. The number of nitro groups is 1. The van der Waals surface area contributed by atoms with E-state index in [2.05, 4.69) is 15.5 Å². The molecule has 0 atom stereocenters. The lowest BCUT2D eigenvalue weighted by Crippen LogP contribution is -2.24. The number of pyridine rings is 1. The summed E-state index contributed by atoms with van der Waals surface area (Å²) in [7, 11) is 0. The van der Waals surface area contributed by atoms with E-state index in [-0.39, 0.29) is 18.0 Å². The third kappa shape index (κ3) is 4.67. The Labute approximate surface area is 125 Å². The third-order valence-electron chi connectivity index (χ3n) is 2.47. The number of hydrogen-bond acceptors (Lipinski definition) is 6. The van der Waals surface area contributed by atoms with E-state index < -0.39 is 10.8 Å². The molecule has 8 nitrogen and oxygen atoms in total. The average Bonchev–Trinajstić information content (AvgIpc) is 2.54. The van der Waals surface area contributed by atoms with Crippen molar-refractivity contribution in [3.63, 3.8) is 0 Å². The molecule has 1 aromatic carbocycles. The van der Waals surface area contributed by atoms with E-state index in [0.717, 1.165) is 0 Å². The van der Waals surface area contributed by atoms with E-state index in [9.17, 15) is 14.9 Å². The number of nitrogens with zero attached hydrogens (tertiary/aromatic N) is 3. The van der Waals surface area contributed by atoms with Gasteiger partial charge in [0.15, 0.2) is 6.61 Å². The van der Waals surface area contributed by atoms with Crippen LogP contribution < -0.4 is 10.2 Å². The van der Waals surface area contributed by atoms with Gasteiger partial charge in [-0.1, -0.05) is 12.1 Å². The Bertz CT molecular complexity index is 688. The van der Waals surface area contributed by atoms with Crippen molar-refractivity contribution in [3.8, 4) is 5.75 Å². The van der Waals surface area contributed by atoms with Crippen LogP contribution in [0.2, 0.25) is 0 Å². The van der Waals surface area contributed by atoms with E-state index in [1.165, 1.54) is 30.5 Å². The summed E-state index contributed by atoms with van der Waals surface area (Å²) < 4.78 is 5.16. The van der Waals surface area contributed by atoms with E-state index in [1.807, 2.05) is 0 Å². The molecular formula is C14H12N4O4. The van der Waals surface area contributed by atoms with E-state index in [1.54, 1.807) is 24.4 Å². The Kier molecular flexibility index (Phi) is 5.14. The molecule has 2 aromatic rings. The van der Waals surface area contributed by atoms with Gasteiger partial charge in [-0.3, -0.25) is 19.9 Å². The predicted octanol–water partition coefficient (Wildman–Crippen LogP) is 1.52. The molecule has 0 aliphatic carbocycles. The topological polar surface area (TPSA) is 107 Å². The molecule has 0 aliphatic heterocycles. The summed E-state index contributed by atoms with van der Waals surface area (Å²) in [6.45, 7) is -0.305. The molecule has 22 heavy (non-hydrogen) atoms. The highest BCUT2D eigenvalue weighted by molar-refractivity contribution is 5.81. The van der Waals surface area contributed by atoms with Gasteiger partial charge in [0.1, 0.15) is 5.75 Å². The molecule has 0 aliphatic rings. The number of ether oxygens (including phenoxy) is 1. The lowest BCUT2D eigenvalue weighted by Gasteiger charge is -2.04. The highest BCUT2D eigenvalue weighted by atomic mass is 16.6. The first-order chi connectivity index (χ1) is 10.6. The Morgan fingerprint density at radius 3 is 2.95 bits per heavy atom. The van der Waals surface area contributed by atoms with Crippen molar-refractivity contribution in [2.45, 2.75) is 0 Å². The maximum atomic E-state index is 11.5. The molecule has 0 bridgehead atoms. The van der Waals surface area contributed by atoms with Crippen LogP contribution in [0.5, 0.6) is 5.75 Å². The molecular weight excluding hydrogens is 288 g/mol. The fourth-order valence-corrected chi connectivity index (χ4v) is 1.49. The minimum absolute atomic E-state index is 0.105. The van der Waals surface area contributed by atoms with Crippen molar-refractivity contribution in [2.24, 2.45) is 5.10 Å². The highest BCUT2D eigenvalue weighted by Gasteiger charge is 2.07. The van der Waals surface area contributed by atoms with Crippen molar-refractivity contribution in [1.29, 1.82) is 0 Å². The molecule has 0 unspecified atom stereocenters. The van der Waals surface area contributed by atoms with Gasteiger partial charge in [-0.2, -0.15) is 5.10 Å². The molecule has 1 heterocycles. The minimum Gasteiger partial charge on any atom is -0.483 e. The number of rotatable bonds is 6. The fraction of sp³-hybridized carbons (Fsp3) is 0.0714. The number of hydrazone groups is 1. The molecule has 1 aromatic heterocycles. The first-order valence-corrected chi connectivity index (χ1v) is 6.25. The maximum Gasteiger partial charge on any atom is 0.277 e. The SMILES string of the molecule is O=C(COc1cccc([N+](=O)[O-])c1)N/N=C/c1ccccn1. The highest BCUT2D eigenvalue weighted by Crippen LogP contribution is 2.18. The monoisotopic (exact) mass is 300 g/mol. The van der Waals surface area contributed by atoms with Gasteiger partial charge in [-0.25, -0.2) is 5.43 Å². The summed E-state index contributed by atoms with van der Waals surface area (Å²) in [5, 5.41) is 14.3. The largest absolute Gasteiger partial charge is 0.483 e. The lowest BCUT2D eigenvalue weighted by atomic mass is 10.3. The van der Waals surface area contributed by atoms with Crippen LogP contribution in [0.3, 0.4) is 0 Å². The van der Waals surface area contributed by atoms with Crippen LogP contribution >= 0.6 is 0 Å². The van der Waals surface area contributed by atoms with Crippen molar-refractivity contribution in [2.75, 3.05) is 6.61 Å². The Balaban J connectivity index is 1.82. The molecule has 0 saturated heterocycles. The van der Waals surface area contributed by atoms with Crippen LogP contribution in [0.25, 0.3) is 0 Å². The number of carbonyl (C=O) groups excluding carboxylic acids is 1. The minimum atomic E-state index is -0.538. The van der Waals surface area contributed by atoms with E-state index >= 15 is 0 Å². The molecule has 0 saturated carbocycles. The molecule has 0 fully saturated rings. The van der Waals surface area contributed by atoms with Crippen LogP contribution in [0.15, 0.2) is 53.8 Å². The van der Waals surface area contributed by atoms with Crippen molar-refractivity contribution >= 4 is 17.8 Å². The predicted molar refractivity (Wildman–Crippen MR) is 78.6 cm³/mol. The summed E-state index contributed by atoms with van der Waals surface area (Å²) in [6, 6.07) is 10.9. The molecule has 2 rings (SSSR count). The molecule has 0 spiro atoms. The summed E-state index contributed by atoms with van der Waals surface area (Å²) in [4.78, 5) is 25.6. The Morgan fingerprint density at radius 1 is 1.36 bits per heavy atom. The van der Waals surface area contributed by atoms with Gasteiger partial charge in [0.05, 0.1) is 22.9 Å².